The van der Waals surface area contributed by atoms with Crippen LogP contribution in [-0.4, -0.2) is 19.4 Å². The van der Waals surface area contributed by atoms with E-state index in [0.29, 0.717) is 10.9 Å². The second-order valence-corrected chi connectivity index (χ2v) is 7.97. The van der Waals surface area contributed by atoms with E-state index in [-0.39, 0.29) is 16.8 Å². The Balaban J connectivity index is 2.16. The van der Waals surface area contributed by atoms with Gasteiger partial charge in [-0.3, -0.25) is 0 Å². The van der Waals surface area contributed by atoms with Gasteiger partial charge in [0.05, 0.1) is 0 Å². The molecule has 108 valence electrons. The number of thiophene rings is 1. The van der Waals surface area contributed by atoms with E-state index in [0.717, 1.165) is 4.88 Å². The number of aromatic nitrogens is 1. The number of pyridine rings is 1. The lowest BCUT2D eigenvalue weighted by Gasteiger charge is -2.14. The molecule has 0 spiro atoms. The van der Waals surface area contributed by atoms with E-state index < -0.39 is 10.0 Å². The van der Waals surface area contributed by atoms with E-state index >= 15 is 0 Å². The topological polar surface area (TPSA) is 85.1 Å². The first-order chi connectivity index (χ1) is 9.38. The monoisotopic (exact) mass is 375 g/mol. The highest BCUT2D eigenvalue weighted by Crippen LogP contribution is 2.21. The highest BCUT2D eigenvalue weighted by molar-refractivity contribution is 9.10. The first kappa shape index (κ1) is 15.4. The van der Waals surface area contributed by atoms with Crippen LogP contribution in [0.5, 0.6) is 0 Å². The SMILES string of the molecule is CC(Cc1cccs1)NS(=O)(=O)c1cc(Br)cnc1N. The molecule has 2 heterocycles. The van der Waals surface area contributed by atoms with Gasteiger partial charge in [-0.1, -0.05) is 6.07 Å². The van der Waals surface area contributed by atoms with E-state index in [4.69, 9.17) is 5.73 Å². The van der Waals surface area contributed by atoms with Crippen LogP contribution in [-0.2, 0) is 16.4 Å². The van der Waals surface area contributed by atoms with E-state index in [1.807, 2.05) is 24.4 Å². The molecule has 1 unspecified atom stereocenters. The van der Waals surface area contributed by atoms with Gasteiger partial charge in [-0.2, -0.15) is 0 Å². The van der Waals surface area contributed by atoms with Crippen LogP contribution in [0.25, 0.3) is 0 Å². The second-order valence-electron chi connectivity index (χ2n) is 4.34. The maximum absolute atomic E-state index is 12.3. The van der Waals surface area contributed by atoms with E-state index in [1.54, 1.807) is 11.3 Å². The van der Waals surface area contributed by atoms with Crippen molar-refractivity contribution in [1.29, 1.82) is 0 Å². The first-order valence-corrected chi connectivity index (χ1v) is 9.00. The van der Waals surface area contributed by atoms with Crippen LogP contribution in [0.2, 0.25) is 0 Å². The van der Waals surface area contributed by atoms with E-state index in [9.17, 15) is 8.42 Å². The zero-order chi connectivity index (χ0) is 14.8. The number of hydrogen-bond donors (Lipinski definition) is 2. The Kier molecular flexibility index (Phi) is 4.79. The number of anilines is 1. The molecule has 2 aromatic heterocycles. The fourth-order valence-corrected chi connectivity index (χ4v) is 4.42. The Morgan fingerprint density at radius 3 is 2.95 bits per heavy atom. The van der Waals surface area contributed by atoms with Crippen LogP contribution in [0.3, 0.4) is 0 Å². The second kappa shape index (κ2) is 6.21. The smallest absolute Gasteiger partial charge is 0.244 e. The zero-order valence-corrected chi connectivity index (χ0v) is 13.9. The van der Waals surface area contributed by atoms with Crippen LogP contribution in [0.15, 0.2) is 39.1 Å². The van der Waals surface area contributed by atoms with Crippen molar-refractivity contribution in [2.75, 3.05) is 5.73 Å². The number of hydrogen-bond acceptors (Lipinski definition) is 5. The molecule has 0 amide bonds. The van der Waals surface area contributed by atoms with Crippen molar-refractivity contribution in [1.82, 2.24) is 9.71 Å². The largest absolute Gasteiger partial charge is 0.383 e. The number of sulfonamides is 1. The highest BCUT2D eigenvalue weighted by Gasteiger charge is 2.21. The van der Waals surface area contributed by atoms with Crippen molar-refractivity contribution < 1.29 is 8.42 Å². The molecule has 0 aliphatic rings. The number of nitrogens with two attached hydrogens (primary N) is 1. The summed E-state index contributed by atoms with van der Waals surface area (Å²) in [5.41, 5.74) is 5.64. The van der Waals surface area contributed by atoms with Crippen molar-refractivity contribution in [3.63, 3.8) is 0 Å². The minimum Gasteiger partial charge on any atom is -0.383 e. The predicted molar refractivity (Wildman–Crippen MR) is 84.2 cm³/mol. The Bertz CT molecular complexity index is 687. The maximum atomic E-state index is 12.3. The van der Waals surface area contributed by atoms with Crippen LogP contribution >= 0.6 is 27.3 Å². The summed E-state index contributed by atoms with van der Waals surface area (Å²) in [4.78, 5) is 4.96. The third-order valence-electron chi connectivity index (χ3n) is 2.58. The summed E-state index contributed by atoms with van der Waals surface area (Å²) in [5.74, 6) is -0.0102. The lowest BCUT2D eigenvalue weighted by molar-refractivity contribution is 0.561. The summed E-state index contributed by atoms with van der Waals surface area (Å²) in [6.07, 6.45) is 2.10. The van der Waals surface area contributed by atoms with Gasteiger partial charge < -0.3 is 5.73 Å². The van der Waals surface area contributed by atoms with E-state index in [2.05, 4.69) is 25.6 Å². The van der Waals surface area contributed by atoms with Crippen molar-refractivity contribution in [3.05, 3.63) is 39.1 Å². The van der Waals surface area contributed by atoms with Gasteiger partial charge in [-0.25, -0.2) is 18.1 Å². The summed E-state index contributed by atoms with van der Waals surface area (Å²) in [6.45, 7) is 1.82. The van der Waals surface area contributed by atoms with Crippen LogP contribution in [0, 0.1) is 0 Å². The Morgan fingerprint density at radius 1 is 1.55 bits per heavy atom. The number of nitrogens with one attached hydrogen (secondary N) is 1. The predicted octanol–water partition coefficient (Wildman–Crippen LogP) is 2.40. The first-order valence-electron chi connectivity index (χ1n) is 5.84. The van der Waals surface area contributed by atoms with Crippen LogP contribution < -0.4 is 10.5 Å². The standard InChI is InChI=1S/C12H14BrN3O2S2/c1-8(5-10-3-2-4-19-10)16-20(17,18)11-6-9(13)7-15-12(11)14/h2-4,6-8,16H,5H2,1H3,(H2,14,15). The van der Waals surface area contributed by atoms with Gasteiger partial charge in [0.1, 0.15) is 10.7 Å². The molecule has 2 rings (SSSR count). The van der Waals surface area contributed by atoms with Gasteiger partial charge >= 0.3 is 0 Å². The van der Waals surface area contributed by atoms with Crippen molar-refractivity contribution in [2.45, 2.75) is 24.3 Å². The molecule has 1 atom stereocenters. The molecule has 3 N–H and O–H groups in total. The van der Waals surface area contributed by atoms with Gasteiger partial charge in [0.15, 0.2) is 0 Å². The molecule has 8 heteroatoms. The van der Waals surface area contributed by atoms with Crippen LogP contribution in [0.1, 0.15) is 11.8 Å². The fourth-order valence-electron chi connectivity index (χ4n) is 1.75. The average molecular weight is 376 g/mol. The third kappa shape index (κ3) is 3.78. The van der Waals surface area contributed by atoms with Gasteiger partial charge in [-0.15, -0.1) is 11.3 Å². The van der Waals surface area contributed by atoms with Gasteiger partial charge in [0.2, 0.25) is 10.0 Å². The third-order valence-corrected chi connectivity index (χ3v) is 5.53. The minimum absolute atomic E-state index is 0.00935. The van der Waals surface area contributed by atoms with Gasteiger partial charge in [0.25, 0.3) is 0 Å². The average Bonchev–Trinajstić information content (AvgIpc) is 2.84. The van der Waals surface area contributed by atoms with Gasteiger partial charge in [0, 0.05) is 21.6 Å². The van der Waals surface area contributed by atoms with Crippen LogP contribution in [0.4, 0.5) is 5.82 Å². The molecule has 0 fully saturated rings. The molecule has 0 saturated heterocycles. The zero-order valence-electron chi connectivity index (χ0n) is 10.7. The van der Waals surface area contributed by atoms with Gasteiger partial charge in [-0.05, 0) is 46.8 Å². The van der Waals surface area contributed by atoms with Crippen molar-refractivity contribution >= 4 is 43.1 Å². The quantitative estimate of drug-likeness (QED) is 0.839. The normalized spacial score (nSPS) is 13.3. The molecule has 0 bridgehead atoms. The Labute approximate surface area is 130 Å². The lowest BCUT2D eigenvalue weighted by atomic mass is 10.2. The number of halogens is 1. The Morgan fingerprint density at radius 2 is 2.30 bits per heavy atom. The minimum atomic E-state index is -3.68. The summed E-state index contributed by atoms with van der Waals surface area (Å²) in [7, 11) is -3.68. The molecular formula is C12H14BrN3O2S2. The highest BCUT2D eigenvalue weighted by atomic mass is 79.9. The molecule has 0 aliphatic carbocycles. The molecule has 20 heavy (non-hydrogen) atoms. The number of nitrogens with zero attached hydrogens (tertiary/aromatic N) is 1. The molecular weight excluding hydrogens is 362 g/mol. The maximum Gasteiger partial charge on any atom is 0.244 e. The molecule has 0 aliphatic heterocycles. The number of rotatable bonds is 5. The molecule has 0 radical (unpaired) electrons. The van der Waals surface area contributed by atoms with Crippen molar-refractivity contribution in [3.8, 4) is 0 Å². The Hall–Kier alpha value is -0.960. The molecule has 5 nitrogen and oxygen atoms in total. The fraction of sp³-hybridized carbons (Fsp3) is 0.250. The van der Waals surface area contributed by atoms with Crippen molar-refractivity contribution in [2.24, 2.45) is 0 Å². The summed E-state index contributed by atoms with van der Waals surface area (Å²) >= 11 is 4.79. The van der Waals surface area contributed by atoms with E-state index in [1.165, 1.54) is 12.3 Å². The number of nitrogen functional groups attached to an aromatic ring is 1. The lowest BCUT2D eigenvalue weighted by Crippen LogP contribution is -2.34. The summed E-state index contributed by atoms with van der Waals surface area (Å²) in [6, 6.07) is 5.14. The molecule has 0 saturated carbocycles. The molecule has 0 aromatic carbocycles. The summed E-state index contributed by atoms with van der Waals surface area (Å²) in [5, 5.41) is 1.97. The summed E-state index contributed by atoms with van der Waals surface area (Å²) < 4.78 is 27.8. The molecule has 2 aromatic rings.